The number of aromatic nitrogens is 4. The molecular formula is C19H28N6O. The van der Waals surface area contributed by atoms with Crippen LogP contribution in [0.15, 0.2) is 18.3 Å². The van der Waals surface area contributed by atoms with E-state index >= 15 is 0 Å². The van der Waals surface area contributed by atoms with Crippen LogP contribution in [0.1, 0.15) is 44.5 Å². The first kappa shape index (κ1) is 18.4. The predicted molar refractivity (Wildman–Crippen MR) is 101 cm³/mol. The summed E-state index contributed by atoms with van der Waals surface area (Å²) < 4.78 is 1.84. The molecule has 1 amide bonds. The lowest BCUT2D eigenvalue weighted by Gasteiger charge is -2.32. The number of aryl methyl sites for hydroxylation is 2. The molecule has 0 spiro atoms. The van der Waals surface area contributed by atoms with E-state index in [0.29, 0.717) is 5.95 Å². The van der Waals surface area contributed by atoms with Crippen LogP contribution in [-0.2, 0) is 4.79 Å². The Morgan fingerprint density at radius 1 is 1.35 bits per heavy atom. The zero-order valence-corrected chi connectivity index (χ0v) is 16.1. The van der Waals surface area contributed by atoms with Gasteiger partial charge in [0.2, 0.25) is 11.9 Å². The van der Waals surface area contributed by atoms with Crippen LogP contribution in [0.2, 0.25) is 0 Å². The molecular weight excluding hydrogens is 328 g/mol. The first-order valence-electron chi connectivity index (χ1n) is 9.40. The molecule has 0 bridgehead atoms. The van der Waals surface area contributed by atoms with E-state index in [9.17, 15) is 4.79 Å². The first-order chi connectivity index (χ1) is 12.5. The molecule has 3 heterocycles. The van der Waals surface area contributed by atoms with E-state index in [-0.39, 0.29) is 17.9 Å². The third kappa shape index (κ3) is 4.03. The van der Waals surface area contributed by atoms with Gasteiger partial charge in [-0.15, -0.1) is 0 Å². The first-order valence-corrected chi connectivity index (χ1v) is 9.40. The van der Waals surface area contributed by atoms with Gasteiger partial charge < -0.3 is 10.2 Å². The van der Waals surface area contributed by atoms with Crippen LogP contribution < -0.4 is 10.2 Å². The molecule has 0 unspecified atom stereocenters. The van der Waals surface area contributed by atoms with Gasteiger partial charge in [-0.3, -0.25) is 4.79 Å². The molecule has 140 valence electrons. The number of piperidine rings is 1. The molecule has 1 saturated heterocycles. The fourth-order valence-electron chi connectivity index (χ4n) is 3.27. The van der Waals surface area contributed by atoms with Crippen LogP contribution in [0.3, 0.4) is 0 Å². The van der Waals surface area contributed by atoms with Crippen molar-refractivity contribution in [1.29, 1.82) is 0 Å². The molecule has 1 N–H and O–H groups in total. The Bertz CT molecular complexity index is 763. The fraction of sp³-hybridized carbons (Fsp3) is 0.579. The minimum Gasteiger partial charge on any atom is -0.353 e. The van der Waals surface area contributed by atoms with Gasteiger partial charge in [0, 0.05) is 43.0 Å². The Labute approximate surface area is 154 Å². The van der Waals surface area contributed by atoms with Crippen molar-refractivity contribution in [2.24, 2.45) is 5.92 Å². The number of carbonyl (C=O) groups excluding carboxylic acids is 1. The summed E-state index contributed by atoms with van der Waals surface area (Å²) in [4.78, 5) is 23.6. The van der Waals surface area contributed by atoms with Gasteiger partial charge in [0.25, 0.3) is 0 Å². The number of anilines is 1. The average molecular weight is 356 g/mol. The topological polar surface area (TPSA) is 75.9 Å². The summed E-state index contributed by atoms with van der Waals surface area (Å²) >= 11 is 0. The van der Waals surface area contributed by atoms with Gasteiger partial charge in [0.05, 0.1) is 5.69 Å². The van der Waals surface area contributed by atoms with Gasteiger partial charge >= 0.3 is 0 Å². The lowest BCUT2D eigenvalue weighted by molar-refractivity contribution is -0.126. The summed E-state index contributed by atoms with van der Waals surface area (Å²) in [5.74, 6) is 1.74. The van der Waals surface area contributed by atoms with Crippen LogP contribution in [-0.4, -0.2) is 44.8 Å². The molecule has 1 fully saturated rings. The average Bonchev–Trinajstić information content (AvgIpc) is 3.00. The highest BCUT2D eigenvalue weighted by Crippen LogP contribution is 2.22. The van der Waals surface area contributed by atoms with E-state index in [0.717, 1.165) is 49.6 Å². The minimum absolute atomic E-state index is 0.0828. The second-order valence-corrected chi connectivity index (χ2v) is 7.13. The van der Waals surface area contributed by atoms with E-state index in [4.69, 9.17) is 0 Å². The van der Waals surface area contributed by atoms with Gasteiger partial charge in [-0.25, -0.2) is 9.67 Å². The Balaban J connectivity index is 1.66. The van der Waals surface area contributed by atoms with Crippen LogP contribution in [0.5, 0.6) is 0 Å². The molecule has 0 radical (unpaired) electrons. The smallest absolute Gasteiger partial charge is 0.227 e. The number of amides is 1. The summed E-state index contributed by atoms with van der Waals surface area (Å²) in [6.07, 6.45) is 4.39. The molecule has 0 aliphatic carbocycles. The van der Waals surface area contributed by atoms with Crippen molar-refractivity contribution in [1.82, 2.24) is 25.1 Å². The maximum absolute atomic E-state index is 12.3. The molecule has 0 aromatic carbocycles. The quantitative estimate of drug-likeness (QED) is 0.890. The monoisotopic (exact) mass is 356 g/mol. The van der Waals surface area contributed by atoms with Crippen LogP contribution in [0.25, 0.3) is 5.82 Å². The van der Waals surface area contributed by atoms with Gasteiger partial charge in [0.1, 0.15) is 0 Å². The molecule has 7 nitrogen and oxygen atoms in total. The van der Waals surface area contributed by atoms with Crippen LogP contribution >= 0.6 is 0 Å². The standard InChI is InChI=1S/C19H28N6O/c1-5-13(2)21-18(26)16-7-10-24(11-8-16)19-20-9-6-17(22-19)25-15(4)12-14(3)23-25/h6,9,12-13,16H,5,7-8,10-11H2,1-4H3,(H,21,26)/t13-/m1/s1. The Hall–Kier alpha value is -2.44. The summed E-state index contributed by atoms with van der Waals surface area (Å²) in [7, 11) is 0. The zero-order chi connectivity index (χ0) is 18.7. The molecule has 7 heteroatoms. The molecule has 2 aromatic heterocycles. The van der Waals surface area contributed by atoms with E-state index in [1.165, 1.54) is 0 Å². The molecule has 2 aromatic rings. The van der Waals surface area contributed by atoms with E-state index in [2.05, 4.69) is 32.2 Å². The van der Waals surface area contributed by atoms with Crippen LogP contribution in [0, 0.1) is 19.8 Å². The number of nitrogens with one attached hydrogen (secondary N) is 1. The van der Waals surface area contributed by atoms with Crippen molar-refractivity contribution < 1.29 is 4.79 Å². The van der Waals surface area contributed by atoms with Crippen molar-refractivity contribution in [3.63, 3.8) is 0 Å². The number of carbonyl (C=O) groups is 1. The molecule has 0 saturated carbocycles. The van der Waals surface area contributed by atoms with E-state index < -0.39 is 0 Å². The fourth-order valence-corrected chi connectivity index (χ4v) is 3.27. The molecule has 1 aliphatic heterocycles. The Morgan fingerprint density at radius 2 is 2.08 bits per heavy atom. The molecule has 1 aliphatic rings. The largest absolute Gasteiger partial charge is 0.353 e. The maximum Gasteiger partial charge on any atom is 0.227 e. The van der Waals surface area contributed by atoms with Crippen molar-refractivity contribution in [2.45, 2.75) is 53.0 Å². The number of nitrogens with zero attached hydrogens (tertiary/aromatic N) is 5. The van der Waals surface area contributed by atoms with Gasteiger partial charge in [-0.05, 0) is 46.1 Å². The predicted octanol–water partition coefficient (Wildman–Crippen LogP) is 2.41. The second-order valence-electron chi connectivity index (χ2n) is 7.13. The summed E-state index contributed by atoms with van der Waals surface area (Å²) in [5.41, 5.74) is 2.02. The number of hydrogen-bond acceptors (Lipinski definition) is 5. The minimum atomic E-state index is 0.0828. The molecule has 3 rings (SSSR count). The normalized spacial score (nSPS) is 16.5. The van der Waals surface area contributed by atoms with Crippen molar-refractivity contribution in [2.75, 3.05) is 18.0 Å². The lowest BCUT2D eigenvalue weighted by Crippen LogP contribution is -2.43. The summed E-state index contributed by atoms with van der Waals surface area (Å²) in [6.45, 7) is 9.70. The summed E-state index contributed by atoms with van der Waals surface area (Å²) in [5, 5.41) is 7.59. The number of hydrogen-bond donors (Lipinski definition) is 1. The Kier molecular flexibility index (Phi) is 5.54. The van der Waals surface area contributed by atoms with E-state index in [1.54, 1.807) is 6.20 Å². The SMILES string of the molecule is CC[C@@H](C)NC(=O)C1CCN(c2nccc(-n3nc(C)cc3C)n2)CC1. The molecule has 26 heavy (non-hydrogen) atoms. The highest BCUT2D eigenvalue weighted by molar-refractivity contribution is 5.79. The third-order valence-electron chi connectivity index (χ3n) is 5.00. The van der Waals surface area contributed by atoms with Gasteiger partial charge in [-0.1, -0.05) is 6.92 Å². The third-order valence-corrected chi connectivity index (χ3v) is 5.00. The maximum atomic E-state index is 12.3. The van der Waals surface area contributed by atoms with Crippen molar-refractivity contribution in [3.8, 4) is 5.82 Å². The lowest BCUT2D eigenvalue weighted by atomic mass is 9.95. The number of rotatable bonds is 5. The Morgan fingerprint density at radius 3 is 2.69 bits per heavy atom. The highest BCUT2D eigenvalue weighted by atomic mass is 16.1. The van der Waals surface area contributed by atoms with E-state index in [1.807, 2.05) is 37.6 Å². The van der Waals surface area contributed by atoms with Gasteiger partial charge in [-0.2, -0.15) is 10.1 Å². The van der Waals surface area contributed by atoms with Crippen LogP contribution in [0.4, 0.5) is 5.95 Å². The second kappa shape index (κ2) is 7.85. The highest BCUT2D eigenvalue weighted by Gasteiger charge is 2.26. The van der Waals surface area contributed by atoms with Crippen molar-refractivity contribution in [3.05, 3.63) is 29.7 Å². The molecule has 1 atom stereocenters. The van der Waals surface area contributed by atoms with Gasteiger partial charge in [0.15, 0.2) is 5.82 Å². The summed E-state index contributed by atoms with van der Waals surface area (Å²) in [6, 6.07) is 4.14. The zero-order valence-electron chi connectivity index (χ0n) is 16.1. The van der Waals surface area contributed by atoms with Crippen molar-refractivity contribution >= 4 is 11.9 Å².